The number of nitrogens with one attached hydrogen (secondary N) is 2. The van der Waals surface area contributed by atoms with Gasteiger partial charge in [0.2, 0.25) is 11.4 Å². The molecule has 1 aliphatic rings. The van der Waals surface area contributed by atoms with Gasteiger partial charge < -0.3 is 20.8 Å². The van der Waals surface area contributed by atoms with Gasteiger partial charge in [0.15, 0.2) is 0 Å². The molecule has 100 valence electrons. The maximum absolute atomic E-state index is 12.3. The lowest BCUT2D eigenvalue weighted by atomic mass is 9.96. The molecular weight excluding hydrogens is 262 g/mol. The van der Waals surface area contributed by atoms with E-state index in [9.17, 15) is 31.1 Å². The van der Waals surface area contributed by atoms with Crippen molar-refractivity contribution in [2.24, 2.45) is 0 Å². The normalized spacial score (nSPS) is 35.2. The Bertz CT molecular complexity index is 312. The van der Waals surface area contributed by atoms with E-state index in [2.05, 4.69) is 0 Å². The fraction of sp³-hybridized carbons (Fsp3) is 0.833. The number of urea groups is 1. The lowest BCUT2D eigenvalue weighted by Crippen LogP contribution is -2.76. The van der Waals surface area contributed by atoms with Crippen molar-refractivity contribution in [1.29, 1.82) is 0 Å². The molecule has 0 aromatic carbocycles. The highest BCUT2D eigenvalue weighted by Gasteiger charge is 2.68. The zero-order chi connectivity index (χ0) is 13.7. The molecule has 1 rings (SSSR count). The molecule has 11 heteroatoms. The third-order valence-electron chi connectivity index (χ3n) is 2.09. The molecule has 0 aromatic heterocycles. The average Bonchev–Trinajstić information content (AvgIpc) is 1.96. The monoisotopic (exact) mass is 268 g/mol. The Labute approximate surface area is 89.4 Å². The van der Waals surface area contributed by atoms with Crippen molar-refractivity contribution >= 4 is 6.03 Å². The standard InChI is InChI=1S/C6H6F6N2O3/c7-5(8,9)3(16)1-4(17,6(10,11)12)14-2(15)13-3/h16-17H,1H2,(H2,13,14,15). The SMILES string of the molecule is O=C1NC(O)(C(F)(F)F)CC(O)(C(F)(F)F)N1. The topological polar surface area (TPSA) is 81.6 Å². The number of hydrogen-bond donors (Lipinski definition) is 4. The number of carbonyl (C=O) groups is 1. The van der Waals surface area contributed by atoms with Crippen molar-refractivity contribution in [2.45, 2.75) is 30.2 Å². The van der Waals surface area contributed by atoms with Crippen LogP contribution in [0.5, 0.6) is 0 Å². The summed E-state index contributed by atoms with van der Waals surface area (Å²) in [6.45, 7) is 0. The first kappa shape index (κ1) is 13.8. The average molecular weight is 268 g/mol. The van der Waals surface area contributed by atoms with Crippen molar-refractivity contribution < 1.29 is 41.4 Å². The van der Waals surface area contributed by atoms with Gasteiger partial charge in [-0.1, -0.05) is 0 Å². The first-order valence-electron chi connectivity index (χ1n) is 3.99. The molecule has 0 spiro atoms. The van der Waals surface area contributed by atoms with Gasteiger partial charge >= 0.3 is 18.4 Å². The largest absolute Gasteiger partial charge is 0.436 e. The maximum atomic E-state index is 12.3. The molecule has 0 aromatic rings. The lowest BCUT2D eigenvalue weighted by molar-refractivity contribution is -0.333. The molecule has 0 bridgehead atoms. The highest BCUT2D eigenvalue weighted by Crippen LogP contribution is 2.41. The van der Waals surface area contributed by atoms with Crippen molar-refractivity contribution in [3.8, 4) is 0 Å². The van der Waals surface area contributed by atoms with Crippen molar-refractivity contribution in [3.63, 3.8) is 0 Å². The van der Waals surface area contributed by atoms with Gasteiger partial charge in [0.05, 0.1) is 6.42 Å². The van der Waals surface area contributed by atoms with Crippen LogP contribution >= 0.6 is 0 Å². The van der Waals surface area contributed by atoms with Crippen LogP contribution in [0.2, 0.25) is 0 Å². The minimum Gasteiger partial charge on any atom is -0.363 e. The van der Waals surface area contributed by atoms with Crippen molar-refractivity contribution in [2.75, 3.05) is 0 Å². The predicted molar refractivity (Wildman–Crippen MR) is 38.3 cm³/mol. The fourth-order valence-corrected chi connectivity index (χ4v) is 1.21. The van der Waals surface area contributed by atoms with Crippen LogP contribution in [0.25, 0.3) is 0 Å². The molecule has 0 aliphatic carbocycles. The second-order valence-electron chi connectivity index (χ2n) is 3.47. The Morgan fingerprint density at radius 2 is 1.24 bits per heavy atom. The van der Waals surface area contributed by atoms with Gasteiger partial charge in [0.1, 0.15) is 0 Å². The summed E-state index contributed by atoms with van der Waals surface area (Å²) in [5.74, 6) is 0. The van der Waals surface area contributed by atoms with Gasteiger partial charge in [-0.05, 0) is 0 Å². The number of carbonyl (C=O) groups excluding carboxylic acids is 1. The Balaban J connectivity index is 3.14. The minimum atomic E-state index is -5.57. The van der Waals surface area contributed by atoms with E-state index in [1.165, 1.54) is 0 Å². The number of halogens is 6. The molecule has 2 atom stereocenters. The molecule has 0 saturated carbocycles. The molecule has 1 saturated heterocycles. The maximum Gasteiger partial charge on any atom is 0.436 e. The Morgan fingerprint density at radius 3 is 1.47 bits per heavy atom. The molecule has 17 heavy (non-hydrogen) atoms. The molecule has 5 nitrogen and oxygen atoms in total. The van der Waals surface area contributed by atoms with Crippen molar-refractivity contribution in [1.82, 2.24) is 10.6 Å². The van der Waals surface area contributed by atoms with Gasteiger partial charge in [0.25, 0.3) is 0 Å². The number of hydrogen-bond acceptors (Lipinski definition) is 3. The highest BCUT2D eigenvalue weighted by molar-refractivity contribution is 5.76. The van der Waals surface area contributed by atoms with Crippen molar-refractivity contribution in [3.05, 3.63) is 0 Å². The molecule has 2 amide bonds. The minimum absolute atomic E-state index is 0.880. The Morgan fingerprint density at radius 1 is 0.941 bits per heavy atom. The molecule has 1 heterocycles. The van der Waals surface area contributed by atoms with Crippen LogP contribution in [-0.2, 0) is 0 Å². The van der Waals surface area contributed by atoms with Crippen LogP contribution in [0.4, 0.5) is 31.1 Å². The number of aliphatic hydroxyl groups is 2. The first-order chi connectivity index (χ1) is 7.31. The first-order valence-corrected chi connectivity index (χ1v) is 3.99. The van der Waals surface area contributed by atoms with Gasteiger partial charge in [-0.15, -0.1) is 0 Å². The Hall–Kier alpha value is -1.23. The summed E-state index contributed by atoms with van der Waals surface area (Å²) in [5, 5.41) is 19.6. The van der Waals surface area contributed by atoms with E-state index in [4.69, 9.17) is 10.2 Å². The summed E-state index contributed by atoms with van der Waals surface area (Å²) in [7, 11) is 0. The third-order valence-corrected chi connectivity index (χ3v) is 2.09. The van der Waals surface area contributed by atoms with Crippen LogP contribution in [0, 0.1) is 0 Å². The van der Waals surface area contributed by atoms with E-state index in [1.807, 2.05) is 0 Å². The summed E-state index contributed by atoms with van der Waals surface area (Å²) >= 11 is 0. The van der Waals surface area contributed by atoms with Crippen LogP contribution in [0.1, 0.15) is 6.42 Å². The van der Waals surface area contributed by atoms with Crippen LogP contribution < -0.4 is 10.6 Å². The van der Waals surface area contributed by atoms with E-state index in [0.29, 0.717) is 0 Å². The zero-order valence-electron chi connectivity index (χ0n) is 7.78. The smallest absolute Gasteiger partial charge is 0.363 e. The van der Waals surface area contributed by atoms with Crippen LogP contribution in [-0.4, -0.2) is 40.0 Å². The Kier molecular flexibility index (Phi) is 2.75. The number of amides is 2. The second-order valence-corrected chi connectivity index (χ2v) is 3.47. The zero-order valence-corrected chi connectivity index (χ0v) is 7.78. The third kappa shape index (κ3) is 2.24. The molecule has 4 N–H and O–H groups in total. The summed E-state index contributed by atoms with van der Waals surface area (Å²) in [5.41, 5.74) is -8.31. The molecular formula is C6H6F6N2O3. The fourth-order valence-electron chi connectivity index (χ4n) is 1.21. The molecule has 0 radical (unpaired) electrons. The van der Waals surface area contributed by atoms with E-state index >= 15 is 0 Å². The van der Waals surface area contributed by atoms with Crippen LogP contribution in [0.3, 0.4) is 0 Å². The quantitative estimate of drug-likeness (QED) is 0.473. The van der Waals surface area contributed by atoms with Gasteiger partial charge in [-0.3, -0.25) is 0 Å². The highest BCUT2D eigenvalue weighted by atomic mass is 19.4. The lowest BCUT2D eigenvalue weighted by Gasteiger charge is -2.43. The summed E-state index contributed by atoms with van der Waals surface area (Å²) < 4.78 is 73.6. The second kappa shape index (κ2) is 3.38. The van der Waals surface area contributed by atoms with Gasteiger partial charge in [0, 0.05) is 0 Å². The summed E-state index contributed by atoms with van der Waals surface area (Å²) in [4.78, 5) is 10.6. The van der Waals surface area contributed by atoms with E-state index in [-0.39, 0.29) is 0 Å². The molecule has 1 aliphatic heterocycles. The predicted octanol–water partition coefficient (Wildman–Crippen LogP) is 0.191. The van der Waals surface area contributed by atoms with E-state index in [1.54, 1.807) is 0 Å². The summed E-state index contributed by atoms with van der Waals surface area (Å²) in [6, 6.07) is -1.99. The number of rotatable bonds is 0. The van der Waals surface area contributed by atoms with E-state index in [0.717, 1.165) is 10.6 Å². The molecule has 1 fully saturated rings. The van der Waals surface area contributed by atoms with E-state index < -0.39 is 36.3 Å². The number of alkyl halides is 6. The molecule has 2 unspecified atom stereocenters. The van der Waals surface area contributed by atoms with Crippen LogP contribution in [0.15, 0.2) is 0 Å². The van der Waals surface area contributed by atoms with Gasteiger partial charge in [-0.25, -0.2) is 4.79 Å². The van der Waals surface area contributed by atoms with Gasteiger partial charge in [-0.2, -0.15) is 26.3 Å². The summed E-state index contributed by atoms with van der Waals surface area (Å²) in [6.07, 6.45) is -13.3.